The molecule has 9 heteroatoms. The van der Waals surface area contributed by atoms with Crippen LogP contribution in [0.15, 0.2) is 57.9 Å². The van der Waals surface area contributed by atoms with Gasteiger partial charge in [0.2, 0.25) is 10.0 Å². The van der Waals surface area contributed by atoms with Crippen LogP contribution in [0.4, 0.5) is 0 Å². The molecule has 3 aromatic rings. The van der Waals surface area contributed by atoms with E-state index in [0.29, 0.717) is 23.2 Å². The molecule has 1 aliphatic carbocycles. The first kappa shape index (κ1) is 21.5. The average molecular weight is 463 g/mol. The van der Waals surface area contributed by atoms with Crippen LogP contribution in [0.2, 0.25) is 0 Å². The van der Waals surface area contributed by atoms with Crippen LogP contribution in [-0.4, -0.2) is 35.5 Å². The summed E-state index contributed by atoms with van der Waals surface area (Å²) in [6.45, 7) is 0.347. The molecule has 1 aromatic carbocycles. The van der Waals surface area contributed by atoms with E-state index in [9.17, 15) is 8.42 Å². The first-order valence-electron chi connectivity index (χ1n) is 10.3. The van der Waals surface area contributed by atoms with Crippen LogP contribution >= 0.6 is 23.1 Å². The van der Waals surface area contributed by atoms with Gasteiger partial charge in [-0.2, -0.15) is 0 Å². The minimum Gasteiger partial charge on any atom is -0.303 e. The normalized spacial score (nSPS) is 15.5. The zero-order valence-electron chi connectivity index (χ0n) is 16.7. The SMILES string of the molecule is O=S(=O)(NCCSc1nnc(Cc2cccs2)n1C1CCCCC1)c1ccccc1. The van der Waals surface area contributed by atoms with E-state index >= 15 is 0 Å². The van der Waals surface area contributed by atoms with Gasteiger partial charge in [0.25, 0.3) is 0 Å². The second kappa shape index (κ2) is 10.1. The van der Waals surface area contributed by atoms with Crippen LogP contribution in [0.1, 0.15) is 48.8 Å². The molecule has 30 heavy (non-hydrogen) atoms. The molecule has 0 bridgehead atoms. The van der Waals surface area contributed by atoms with E-state index in [4.69, 9.17) is 0 Å². The number of sulfonamides is 1. The van der Waals surface area contributed by atoms with Crippen molar-refractivity contribution in [1.82, 2.24) is 19.5 Å². The second-order valence-corrected chi connectivity index (χ2v) is 11.2. The quantitative estimate of drug-likeness (QED) is 0.374. The second-order valence-electron chi connectivity index (χ2n) is 7.38. The van der Waals surface area contributed by atoms with Crippen molar-refractivity contribution in [3.8, 4) is 0 Å². The van der Waals surface area contributed by atoms with Gasteiger partial charge >= 0.3 is 0 Å². The van der Waals surface area contributed by atoms with Gasteiger partial charge in [-0.3, -0.25) is 0 Å². The van der Waals surface area contributed by atoms with Crippen molar-refractivity contribution in [1.29, 1.82) is 0 Å². The molecule has 4 rings (SSSR count). The van der Waals surface area contributed by atoms with Crippen molar-refractivity contribution < 1.29 is 8.42 Å². The summed E-state index contributed by atoms with van der Waals surface area (Å²) >= 11 is 3.32. The highest BCUT2D eigenvalue weighted by atomic mass is 32.2. The fourth-order valence-corrected chi connectivity index (χ4v) is 6.57. The predicted molar refractivity (Wildman–Crippen MR) is 122 cm³/mol. The monoisotopic (exact) mass is 462 g/mol. The van der Waals surface area contributed by atoms with E-state index in [1.807, 2.05) is 0 Å². The third kappa shape index (κ3) is 5.32. The minimum absolute atomic E-state index is 0.290. The van der Waals surface area contributed by atoms with Crippen LogP contribution < -0.4 is 4.72 Å². The van der Waals surface area contributed by atoms with Gasteiger partial charge in [0, 0.05) is 29.6 Å². The summed E-state index contributed by atoms with van der Waals surface area (Å²) in [5.74, 6) is 1.62. The Morgan fingerprint density at radius 2 is 1.87 bits per heavy atom. The van der Waals surface area contributed by atoms with Crippen molar-refractivity contribution in [2.24, 2.45) is 0 Å². The van der Waals surface area contributed by atoms with E-state index in [2.05, 4.69) is 37.0 Å². The number of rotatable bonds is 9. The zero-order valence-corrected chi connectivity index (χ0v) is 19.2. The van der Waals surface area contributed by atoms with Crippen molar-refractivity contribution in [2.75, 3.05) is 12.3 Å². The van der Waals surface area contributed by atoms with Crippen molar-refractivity contribution >= 4 is 33.1 Å². The Morgan fingerprint density at radius 3 is 2.60 bits per heavy atom. The number of hydrogen-bond acceptors (Lipinski definition) is 6. The molecule has 1 saturated carbocycles. The highest BCUT2D eigenvalue weighted by Crippen LogP contribution is 2.33. The van der Waals surface area contributed by atoms with Gasteiger partial charge in [-0.15, -0.1) is 21.5 Å². The molecule has 6 nitrogen and oxygen atoms in total. The maximum atomic E-state index is 12.4. The molecule has 0 unspecified atom stereocenters. The molecule has 0 saturated heterocycles. The Labute approximate surface area is 186 Å². The van der Waals surface area contributed by atoms with Gasteiger partial charge in [-0.1, -0.05) is 55.3 Å². The first-order chi connectivity index (χ1) is 14.6. The van der Waals surface area contributed by atoms with E-state index in [-0.39, 0.29) is 0 Å². The molecule has 0 radical (unpaired) electrons. The molecule has 1 fully saturated rings. The standard InChI is InChI=1S/C21H26N4O2S3/c26-30(27,19-11-5-2-6-12-19)22-13-15-29-21-24-23-20(16-18-10-7-14-28-18)25(21)17-8-3-1-4-9-17/h2,5-7,10-12,14,17,22H,1,3-4,8-9,13,15-16H2. The lowest BCUT2D eigenvalue weighted by Crippen LogP contribution is -2.26. The first-order valence-corrected chi connectivity index (χ1v) is 13.6. The molecule has 0 atom stereocenters. The molecule has 0 amide bonds. The molecule has 0 spiro atoms. The zero-order chi connectivity index (χ0) is 20.8. The summed E-state index contributed by atoms with van der Waals surface area (Å²) in [6, 6.07) is 13.1. The lowest BCUT2D eigenvalue weighted by molar-refractivity contribution is 0.330. The summed E-state index contributed by atoms with van der Waals surface area (Å²) in [4.78, 5) is 1.57. The Balaban J connectivity index is 1.42. The van der Waals surface area contributed by atoms with Gasteiger partial charge in [-0.25, -0.2) is 13.1 Å². The molecule has 1 N–H and O–H groups in total. The topological polar surface area (TPSA) is 76.9 Å². The van der Waals surface area contributed by atoms with Crippen LogP contribution in [-0.2, 0) is 16.4 Å². The number of nitrogens with one attached hydrogen (secondary N) is 1. The van der Waals surface area contributed by atoms with Crippen molar-refractivity contribution in [3.63, 3.8) is 0 Å². The van der Waals surface area contributed by atoms with Crippen LogP contribution in [0.25, 0.3) is 0 Å². The Kier molecular flexibility index (Phi) is 7.24. The summed E-state index contributed by atoms with van der Waals surface area (Å²) in [6.07, 6.45) is 6.88. The maximum Gasteiger partial charge on any atom is 0.240 e. The van der Waals surface area contributed by atoms with Crippen molar-refractivity contribution in [3.05, 3.63) is 58.5 Å². The number of benzene rings is 1. The van der Waals surface area contributed by atoms with E-state index in [1.165, 1.54) is 24.1 Å². The summed E-state index contributed by atoms with van der Waals surface area (Å²) in [5, 5.41) is 12.0. The van der Waals surface area contributed by atoms with E-state index in [1.54, 1.807) is 53.4 Å². The maximum absolute atomic E-state index is 12.4. The Morgan fingerprint density at radius 1 is 1.07 bits per heavy atom. The van der Waals surface area contributed by atoms with Crippen LogP contribution in [0.3, 0.4) is 0 Å². The van der Waals surface area contributed by atoms with Gasteiger partial charge in [0.15, 0.2) is 5.16 Å². The number of hydrogen-bond donors (Lipinski definition) is 1. The number of thioether (sulfide) groups is 1. The summed E-state index contributed by atoms with van der Waals surface area (Å²) < 4.78 is 29.8. The van der Waals surface area contributed by atoms with Gasteiger partial charge in [0.1, 0.15) is 5.82 Å². The van der Waals surface area contributed by atoms with Crippen LogP contribution in [0.5, 0.6) is 0 Å². The van der Waals surface area contributed by atoms with Gasteiger partial charge < -0.3 is 4.57 Å². The highest BCUT2D eigenvalue weighted by Gasteiger charge is 2.23. The summed E-state index contributed by atoms with van der Waals surface area (Å²) in [7, 11) is -3.48. The molecular weight excluding hydrogens is 436 g/mol. The number of nitrogens with zero attached hydrogens (tertiary/aromatic N) is 3. The molecule has 1 aliphatic rings. The number of thiophene rings is 1. The molecule has 160 valence electrons. The fraction of sp³-hybridized carbons (Fsp3) is 0.429. The molecular formula is C21H26N4O2S3. The minimum atomic E-state index is -3.48. The molecule has 2 heterocycles. The fourth-order valence-electron chi connectivity index (χ4n) is 3.80. The predicted octanol–water partition coefficient (Wildman–Crippen LogP) is 4.51. The van der Waals surface area contributed by atoms with Gasteiger partial charge in [-0.05, 0) is 36.4 Å². The van der Waals surface area contributed by atoms with E-state index < -0.39 is 10.0 Å². The lowest BCUT2D eigenvalue weighted by Gasteiger charge is -2.25. The highest BCUT2D eigenvalue weighted by molar-refractivity contribution is 7.99. The Bertz CT molecular complexity index is 1030. The smallest absolute Gasteiger partial charge is 0.240 e. The average Bonchev–Trinajstić information content (AvgIpc) is 3.43. The molecule has 0 aliphatic heterocycles. The van der Waals surface area contributed by atoms with E-state index in [0.717, 1.165) is 30.2 Å². The van der Waals surface area contributed by atoms with Crippen molar-refractivity contribution in [2.45, 2.75) is 54.6 Å². The Hall–Kier alpha value is -1.68. The lowest BCUT2D eigenvalue weighted by atomic mass is 9.95. The third-order valence-electron chi connectivity index (χ3n) is 5.27. The third-order valence-corrected chi connectivity index (χ3v) is 8.56. The van der Waals surface area contributed by atoms with Gasteiger partial charge in [0.05, 0.1) is 4.90 Å². The van der Waals surface area contributed by atoms with Crippen LogP contribution in [0, 0.1) is 0 Å². The largest absolute Gasteiger partial charge is 0.303 e. The molecule has 2 aromatic heterocycles. The summed E-state index contributed by atoms with van der Waals surface area (Å²) in [5.41, 5.74) is 0. The number of aromatic nitrogens is 3.